The highest BCUT2D eigenvalue weighted by molar-refractivity contribution is 7.43. The molecular formula is C17H18O6P2. The molecule has 4 rings (SSSR count). The summed E-state index contributed by atoms with van der Waals surface area (Å²) < 4.78 is 34.4. The highest BCUT2D eigenvalue weighted by Gasteiger charge is 2.32. The van der Waals surface area contributed by atoms with Crippen molar-refractivity contribution < 1.29 is 27.1 Å². The summed E-state index contributed by atoms with van der Waals surface area (Å²) >= 11 is 0. The monoisotopic (exact) mass is 380 g/mol. The summed E-state index contributed by atoms with van der Waals surface area (Å²) in [5.41, 5.74) is 0. The molecule has 25 heavy (non-hydrogen) atoms. The zero-order valence-corrected chi connectivity index (χ0v) is 15.6. The summed E-state index contributed by atoms with van der Waals surface area (Å²) in [6.07, 6.45) is 0.495. The molecule has 0 bridgehead atoms. The molecule has 2 heterocycles. The Kier molecular flexibility index (Phi) is 4.96. The Labute approximate surface area is 149 Å². The van der Waals surface area contributed by atoms with Gasteiger partial charge in [0.25, 0.3) is 0 Å². The van der Waals surface area contributed by atoms with Crippen LogP contribution in [0.2, 0.25) is 0 Å². The smallest absolute Gasteiger partial charge is 0.414 e. The molecule has 2 aliphatic heterocycles. The summed E-state index contributed by atoms with van der Waals surface area (Å²) in [6, 6.07) is 15.1. The minimum atomic E-state index is -1.41. The van der Waals surface area contributed by atoms with Gasteiger partial charge in [0.05, 0.1) is 12.2 Å². The van der Waals surface area contributed by atoms with Gasteiger partial charge in [0.1, 0.15) is 0 Å². The van der Waals surface area contributed by atoms with Crippen molar-refractivity contribution in [2.45, 2.75) is 32.5 Å². The molecule has 132 valence electrons. The van der Waals surface area contributed by atoms with E-state index < -0.39 is 17.2 Å². The number of benzene rings is 2. The van der Waals surface area contributed by atoms with Crippen molar-refractivity contribution >= 4 is 17.2 Å². The van der Waals surface area contributed by atoms with E-state index in [-0.39, 0.29) is 12.2 Å². The van der Waals surface area contributed by atoms with Crippen molar-refractivity contribution in [3.63, 3.8) is 0 Å². The first kappa shape index (κ1) is 16.9. The second kappa shape index (κ2) is 7.35. The topological polar surface area (TPSA) is 55.4 Å². The second-order valence-corrected chi connectivity index (χ2v) is 7.82. The van der Waals surface area contributed by atoms with Gasteiger partial charge in [0.2, 0.25) is 0 Å². The van der Waals surface area contributed by atoms with Crippen molar-refractivity contribution in [1.82, 2.24) is 0 Å². The van der Waals surface area contributed by atoms with Crippen LogP contribution in [0.25, 0.3) is 0 Å². The van der Waals surface area contributed by atoms with Gasteiger partial charge in [0.15, 0.2) is 23.0 Å². The Bertz CT molecular complexity index is 631. The fourth-order valence-corrected chi connectivity index (χ4v) is 4.75. The maximum Gasteiger partial charge on any atom is 0.463 e. The van der Waals surface area contributed by atoms with E-state index in [0.717, 1.165) is 23.0 Å². The minimum Gasteiger partial charge on any atom is -0.414 e. The lowest BCUT2D eigenvalue weighted by atomic mass is 10.2. The van der Waals surface area contributed by atoms with Crippen LogP contribution in [0.5, 0.6) is 23.0 Å². The quantitative estimate of drug-likeness (QED) is 0.610. The number of fused-ring (bicyclic) bond motifs is 2. The fourth-order valence-electron chi connectivity index (χ4n) is 2.49. The molecule has 8 heteroatoms. The molecule has 2 atom stereocenters. The molecular weight excluding hydrogens is 362 g/mol. The van der Waals surface area contributed by atoms with E-state index in [1.165, 1.54) is 0 Å². The van der Waals surface area contributed by atoms with E-state index in [1.807, 2.05) is 62.4 Å². The van der Waals surface area contributed by atoms with Crippen LogP contribution in [0.3, 0.4) is 0 Å². The number of hydrogen-bond acceptors (Lipinski definition) is 6. The van der Waals surface area contributed by atoms with Crippen LogP contribution >= 0.6 is 17.2 Å². The predicted molar refractivity (Wildman–Crippen MR) is 94.9 cm³/mol. The molecule has 0 aliphatic carbocycles. The van der Waals surface area contributed by atoms with E-state index >= 15 is 0 Å². The number of rotatable bonds is 6. The molecule has 0 radical (unpaired) electrons. The van der Waals surface area contributed by atoms with Gasteiger partial charge in [-0.25, -0.2) is 0 Å². The first-order valence-electron chi connectivity index (χ1n) is 8.01. The standard InChI is InChI=1S/C17H18O6P2/c1-12(18-24-20-14-7-3-4-8-15(14)21-24)11-13(2)19-25-22-16-9-5-6-10-17(16)23-25/h3-10,12-13H,11H2,1-2H3. The van der Waals surface area contributed by atoms with Crippen molar-refractivity contribution in [2.75, 3.05) is 0 Å². The van der Waals surface area contributed by atoms with E-state index in [2.05, 4.69) is 0 Å². The normalized spacial score (nSPS) is 18.3. The summed E-state index contributed by atoms with van der Waals surface area (Å²) in [7, 11) is -2.82. The molecule has 2 aromatic carbocycles. The van der Waals surface area contributed by atoms with Crippen LogP contribution in [0.1, 0.15) is 20.3 Å². The summed E-state index contributed by atoms with van der Waals surface area (Å²) in [5, 5.41) is 0. The molecule has 0 fully saturated rings. The average molecular weight is 380 g/mol. The lowest BCUT2D eigenvalue weighted by molar-refractivity contribution is 0.121. The second-order valence-electron chi connectivity index (χ2n) is 5.77. The van der Waals surface area contributed by atoms with Crippen LogP contribution in [-0.4, -0.2) is 12.2 Å². The molecule has 2 unspecified atom stereocenters. The van der Waals surface area contributed by atoms with Crippen LogP contribution in [0.15, 0.2) is 48.5 Å². The number of hydrogen-bond donors (Lipinski definition) is 0. The maximum absolute atomic E-state index is 5.86. The zero-order chi connectivity index (χ0) is 17.2. The highest BCUT2D eigenvalue weighted by Crippen LogP contribution is 2.55. The van der Waals surface area contributed by atoms with E-state index in [4.69, 9.17) is 27.1 Å². The lowest BCUT2D eigenvalue weighted by Crippen LogP contribution is -2.17. The third-order valence-electron chi connectivity index (χ3n) is 3.59. The first-order valence-corrected chi connectivity index (χ1v) is 10.2. The molecule has 0 aromatic heterocycles. The molecule has 0 amide bonds. The van der Waals surface area contributed by atoms with Gasteiger partial charge >= 0.3 is 17.2 Å². The van der Waals surface area contributed by atoms with Crippen LogP contribution in [-0.2, 0) is 9.05 Å². The van der Waals surface area contributed by atoms with E-state index in [1.54, 1.807) is 0 Å². The summed E-state index contributed by atoms with van der Waals surface area (Å²) in [4.78, 5) is 0. The third kappa shape index (κ3) is 3.99. The van der Waals surface area contributed by atoms with Crippen LogP contribution in [0.4, 0.5) is 0 Å². The minimum absolute atomic E-state index is 0.0876. The summed E-state index contributed by atoms with van der Waals surface area (Å²) in [6.45, 7) is 3.94. The summed E-state index contributed by atoms with van der Waals surface area (Å²) in [5.74, 6) is 2.89. The van der Waals surface area contributed by atoms with Gasteiger partial charge < -0.3 is 18.1 Å². The molecule has 0 saturated heterocycles. The largest absolute Gasteiger partial charge is 0.463 e. The van der Waals surface area contributed by atoms with Crippen LogP contribution < -0.4 is 18.1 Å². The molecule has 2 aromatic rings. The lowest BCUT2D eigenvalue weighted by Gasteiger charge is -2.20. The van der Waals surface area contributed by atoms with Gasteiger partial charge in [0, 0.05) is 6.42 Å². The highest BCUT2D eigenvalue weighted by atomic mass is 31.2. The van der Waals surface area contributed by atoms with Gasteiger partial charge in [-0.1, -0.05) is 24.3 Å². The first-order chi connectivity index (χ1) is 12.2. The Morgan fingerprint density at radius 1 is 0.680 bits per heavy atom. The molecule has 0 spiro atoms. The SMILES string of the molecule is CC(CC(C)OP1Oc2ccccc2O1)OP1Oc2ccccc2O1. The van der Waals surface area contributed by atoms with Crippen molar-refractivity contribution in [3.8, 4) is 23.0 Å². The van der Waals surface area contributed by atoms with Crippen molar-refractivity contribution in [3.05, 3.63) is 48.5 Å². The fraction of sp³-hybridized carbons (Fsp3) is 0.294. The predicted octanol–water partition coefficient (Wildman–Crippen LogP) is 5.58. The van der Waals surface area contributed by atoms with Gasteiger partial charge in [-0.2, -0.15) is 0 Å². The third-order valence-corrected chi connectivity index (χ3v) is 6.03. The Balaban J connectivity index is 1.23. The van der Waals surface area contributed by atoms with Gasteiger partial charge in [-0.3, -0.25) is 9.05 Å². The van der Waals surface area contributed by atoms with Gasteiger partial charge in [-0.15, -0.1) is 0 Å². The molecule has 0 saturated carbocycles. The van der Waals surface area contributed by atoms with Crippen molar-refractivity contribution in [2.24, 2.45) is 0 Å². The Hall–Kier alpha value is -1.58. The average Bonchev–Trinajstić information content (AvgIpc) is 3.16. The molecule has 0 N–H and O–H groups in total. The maximum atomic E-state index is 5.86. The zero-order valence-electron chi connectivity index (χ0n) is 13.8. The number of para-hydroxylation sites is 4. The Morgan fingerprint density at radius 2 is 1.00 bits per heavy atom. The van der Waals surface area contributed by atoms with E-state index in [0.29, 0.717) is 6.42 Å². The van der Waals surface area contributed by atoms with Crippen molar-refractivity contribution in [1.29, 1.82) is 0 Å². The molecule has 6 nitrogen and oxygen atoms in total. The Morgan fingerprint density at radius 3 is 1.32 bits per heavy atom. The van der Waals surface area contributed by atoms with Crippen LogP contribution in [0, 0.1) is 0 Å². The van der Waals surface area contributed by atoms with E-state index in [9.17, 15) is 0 Å². The van der Waals surface area contributed by atoms with Gasteiger partial charge in [-0.05, 0) is 38.1 Å². The molecule has 2 aliphatic rings.